The number of furan rings is 1. The normalized spacial score (nSPS) is 20.8. The molecule has 2 fully saturated rings. The molecule has 1 aromatic heterocycles. The Hall–Kier alpha value is -3.35. The van der Waals surface area contributed by atoms with Gasteiger partial charge in [-0.2, -0.15) is 0 Å². The molecule has 0 N–H and O–H groups in total. The van der Waals surface area contributed by atoms with Gasteiger partial charge in [-0.15, -0.1) is 0 Å². The van der Waals surface area contributed by atoms with Gasteiger partial charge in [0, 0.05) is 50.6 Å². The van der Waals surface area contributed by atoms with E-state index in [2.05, 4.69) is 64.4 Å². The highest BCUT2D eigenvalue weighted by atomic mass is 16.6. The molecule has 38 heavy (non-hydrogen) atoms. The summed E-state index contributed by atoms with van der Waals surface area (Å²) in [7, 11) is 1.88. The van der Waals surface area contributed by atoms with Crippen LogP contribution < -0.4 is 0 Å². The van der Waals surface area contributed by atoms with E-state index in [0.717, 1.165) is 75.3 Å². The first-order valence-electron chi connectivity index (χ1n) is 13.9. The summed E-state index contributed by atoms with van der Waals surface area (Å²) in [6, 6.07) is 25.7. The van der Waals surface area contributed by atoms with Gasteiger partial charge < -0.3 is 14.1 Å². The van der Waals surface area contributed by atoms with Crippen molar-refractivity contribution in [2.45, 2.75) is 38.4 Å². The van der Waals surface area contributed by atoms with Crippen molar-refractivity contribution in [1.82, 2.24) is 14.7 Å². The van der Waals surface area contributed by atoms with Crippen LogP contribution in [0.5, 0.6) is 0 Å². The minimum atomic E-state index is -0.202. The monoisotopic (exact) mass is 511 g/mol. The summed E-state index contributed by atoms with van der Waals surface area (Å²) in [5, 5.41) is 3.71. The lowest BCUT2D eigenvalue weighted by atomic mass is 9.98. The van der Waals surface area contributed by atoms with Crippen LogP contribution in [0.4, 0.5) is 4.79 Å². The maximum Gasteiger partial charge on any atom is 0.409 e. The first-order valence-corrected chi connectivity index (χ1v) is 13.9. The number of carbonyl (C=O) groups excluding carboxylic acids is 1. The smallest absolute Gasteiger partial charge is 0.409 e. The SMILES string of the molecule is CN(C(=O)OCC1CCCN(Cc2ccc3ccccc3c2)C1)C1CCN(Cc2cc3ccccc3o2)C1. The summed E-state index contributed by atoms with van der Waals surface area (Å²) in [6.45, 7) is 6.06. The van der Waals surface area contributed by atoms with E-state index in [1.54, 1.807) is 4.90 Å². The van der Waals surface area contributed by atoms with Crippen molar-refractivity contribution >= 4 is 27.8 Å². The number of rotatable bonds is 7. The van der Waals surface area contributed by atoms with Crippen LogP contribution in [0.3, 0.4) is 0 Å². The van der Waals surface area contributed by atoms with Gasteiger partial charge in [0.25, 0.3) is 0 Å². The number of piperidine rings is 1. The predicted molar refractivity (Wildman–Crippen MR) is 151 cm³/mol. The maximum atomic E-state index is 12.9. The third kappa shape index (κ3) is 5.71. The van der Waals surface area contributed by atoms with Gasteiger partial charge in [0.1, 0.15) is 11.3 Å². The van der Waals surface area contributed by atoms with Crippen LogP contribution in [0.15, 0.2) is 77.2 Å². The molecule has 0 saturated carbocycles. The molecule has 0 radical (unpaired) electrons. The van der Waals surface area contributed by atoms with Crippen molar-refractivity contribution in [2.24, 2.45) is 5.92 Å². The first kappa shape index (κ1) is 25.0. The Kier molecular flexibility index (Phi) is 7.34. The van der Waals surface area contributed by atoms with E-state index >= 15 is 0 Å². The molecule has 4 aromatic rings. The number of amides is 1. The van der Waals surface area contributed by atoms with Gasteiger partial charge in [0.2, 0.25) is 0 Å². The molecule has 2 unspecified atom stereocenters. The Bertz CT molecular complexity index is 1370. The minimum Gasteiger partial charge on any atom is -0.460 e. The largest absolute Gasteiger partial charge is 0.460 e. The van der Waals surface area contributed by atoms with Crippen molar-refractivity contribution in [2.75, 3.05) is 39.8 Å². The second-order valence-corrected chi connectivity index (χ2v) is 11.0. The maximum absolute atomic E-state index is 12.9. The number of hydrogen-bond donors (Lipinski definition) is 0. The zero-order valence-corrected chi connectivity index (χ0v) is 22.2. The average Bonchev–Trinajstić information content (AvgIpc) is 3.58. The lowest BCUT2D eigenvalue weighted by Crippen LogP contribution is -2.41. The van der Waals surface area contributed by atoms with Gasteiger partial charge >= 0.3 is 6.09 Å². The van der Waals surface area contributed by atoms with E-state index in [0.29, 0.717) is 12.5 Å². The highest BCUT2D eigenvalue weighted by Gasteiger charge is 2.30. The van der Waals surface area contributed by atoms with Gasteiger partial charge in [-0.3, -0.25) is 9.80 Å². The molecule has 6 rings (SSSR count). The Balaban J connectivity index is 0.963. The second kappa shape index (κ2) is 11.2. The summed E-state index contributed by atoms with van der Waals surface area (Å²) in [5.74, 6) is 1.36. The number of nitrogens with zero attached hydrogens (tertiary/aromatic N) is 3. The number of carbonyl (C=O) groups is 1. The van der Waals surface area contributed by atoms with E-state index in [1.165, 1.54) is 16.3 Å². The van der Waals surface area contributed by atoms with Crippen LogP contribution in [-0.2, 0) is 17.8 Å². The van der Waals surface area contributed by atoms with Crippen LogP contribution in [0, 0.1) is 5.92 Å². The molecule has 198 valence electrons. The third-order valence-corrected chi connectivity index (χ3v) is 8.20. The number of likely N-dealkylation sites (N-methyl/N-ethyl adjacent to an activating group) is 1. The molecule has 3 heterocycles. The Morgan fingerprint density at radius 2 is 1.68 bits per heavy atom. The van der Waals surface area contributed by atoms with Crippen LogP contribution in [-0.4, -0.2) is 66.7 Å². The molecule has 0 spiro atoms. The molecule has 1 amide bonds. The van der Waals surface area contributed by atoms with E-state index in [9.17, 15) is 4.79 Å². The van der Waals surface area contributed by atoms with Crippen molar-refractivity contribution < 1.29 is 13.9 Å². The van der Waals surface area contributed by atoms with E-state index in [1.807, 2.05) is 25.2 Å². The Labute approximate surface area is 224 Å². The standard InChI is InChI=1S/C32H37N3O3/c1-33(29-14-16-35(21-29)22-30-18-28-10-4-5-11-31(28)38-30)32(36)37-23-25-7-6-15-34(20-25)19-24-12-13-26-8-2-3-9-27(26)17-24/h2-5,8-13,17-18,25,29H,6-7,14-16,19-23H2,1H3. The van der Waals surface area contributed by atoms with E-state index in [4.69, 9.17) is 9.15 Å². The molecule has 6 heteroatoms. The molecular weight excluding hydrogens is 474 g/mol. The van der Waals surface area contributed by atoms with Crippen LogP contribution in [0.25, 0.3) is 21.7 Å². The van der Waals surface area contributed by atoms with Gasteiger partial charge in [0.05, 0.1) is 13.2 Å². The van der Waals surface area contributed by atoms with Crippen molar-refractivity contribution in [3.63, 3.8) is 0 Å². The van der Waals surface area contributed by atoms with Crippen molar-refractivity contribution in [1.29, 1.82) is 0 Å². The second-order valence-electron chi connectivity index (χ2n) is 11.0. The van der Waals surface area contributed by atoms with Crippen LogP contribution >= 0.6 is 0 Å². The van der Waals surface area contributed by atoms with E-state index in [-0.39, 0.29) is 12.1 Å². The molecule has 0 bridgehead atoms. The number of ether oxygens (including phenoxy) is 1. The number of likely N-dealkylation sites (tertiary alicyclic amines) is 2. The third-order valence-electron chi connectivity index (χ3n) is 8.20. The summed E-state index contributed by atoms with van der Waals surface area (Å²) < 4.78 is 11.8. The quantitative estimate of drug-likeness (QED) is 0.298. The van der Waals surface area contributed by atoms with Gasteiger partial charge in [-0.05, 0) is 60.3 Å². The topological polar surface area (TPSA) is 49.2 Å². The first-order chi connectivity index (χ1) is 18.6. The van der Waals surface area contributed by atoms with Gasteiger partial charge in [0.15, 0.2) is 0 Å². The fourth-order valence-electron chi connectivity index (χ4n) is 6.07. The molecule has 2 aliphatic heterocycles. The highest BCUT2D eigenvalue weighted by molar-refractivity contribution is 5.83. The highest BCUT2D eigenvalue weighted by Crippen LogP contribution is 2.24. The molecule has 2 saturated heterocycles. The fraction of sp³-hybridized carbons (Fsp3) is 0.406. The van der Waals surface area contributed by atoms with Crippen molar-refractivity contribution in [3.05, 3.63) is 84.1 Å². The van der Waals surface area contributed by atoms with Crippen LogP contribution in [0.2, 0.25) is 0 Å². The number of para-hydroxylation sites is 1. The number of fused-ring (bicyclic) bond motifs is 2. The lowest BCUT2D eigenvalue weighted by molar-refractivity contribution is 0.0609. The average molecular weight is 512 g/mol. The van der Waals surface area contributed by atoms with Crippen molar-refractivity contribution in [3.8, 4) is 0 Å². The van der Waals surface area contributed by atoms with Crippen LogP contribution in [0.1, 0.15) is 30.6 Å². The molecule has 2 aliphatic rings. The lowest BCUT2D eigenvalue weighted by Gasteiger charge is -2.33. The zero-order chi connectivity index (χ0) is 25.9. The zero-order valence-electron chi connectivity index (χ0n) is 22.2. The minimum absolute atomic E-state index is 0.169. The summed E-state index contributed by atoms with van der Waals surface area (Å²) in [6.07, 6.45) is 3.01. The molecule has 2 atom stereocenters. The summed E-state index contributed by atoms with van der Waals surface area (Å²) >= 11 is 0. The Morgan fingerprint density at radius 1 is 0.895 bits per heavy atom. The Morgan fingerprint density at radius 3 is 2.55 bits per heavy atom. The number of hydrogen-bond acceptors (Lipinski definition) is 5. The van der Waals surface area contributed by atoms with Gasteiger partial charge in [-0.25, -0.2) is 4.79 Å². The fourth-order valence-corrected chi connectivity index (χ4v) is 6.07. The van der Waals surface area contributed by atoms with E-state index < -0.39 is 0 Å². The molecular formula is C32H37N3O3. The molecule has 6 nitrogen and oxygen atoms in total. The predicted octanol–water partition coefficient (Wildman–Crippen LogP) is 6.14. The number of benzene rings is 3. The summed E-state index contributed by atoms with van der Waals surface area (Å²) in [4.78, 5) is 19.6. The van der Waals surface area contributed by atoms with Gasteiger partial charge in [-0.1, -0.05) is 54.6 Å². The summed E-state index contributed by atoms with van der Waals surface area (Å²) in [5.41, 5.74) is 2.27. The molecule has 0 aliphatic carbocycles. The molecule has 3 aromatic carbocycles.